The maximum atomic E-state index is 13.1. The van der Waals surface area contributed by atoms with Crippen LogP contribution in [-0.4, -0.2) is 20.4 Å². The summed E-state index contributed by atoms with van der Waals surface area (Å²) in [6.45, 7) is 1.96. The summed E-state index contributed by atoms with van der Waals surface area (Å²) in [6, 6.07) is 15.6. The van der Waals surface area contributed by atoms with Crippen molar-refractivity contribution in [3.05, 3.63) is 92.2 Å². The van der Waals surface area contributed by atoms with Crippen LogP contribution < -0.4 is 16.2 Å². The van der Waals surface area contributed by atoms with E-state index in [2.05, 4.69) is 20.6 Å². The normalized spacial score (nSPS) is 12.9. The lowest BCUT2D eigenvalue weighted by molar-refractivity contribution is 0.103. The summed E-state index contributed by atoms with van der Waals surface area (Å²) in [6.07, 6.45) is 8.12. The number of benzene rings is 2. The highest BCUT2D eigenvalue weighted by molar-refractivity contribution is 7.14. The zero-order valence-electron chi connectivity index (χ0n) is 20.7. The smallest absolute Gasteiger partial charge is 0.293 e. The van der Waals surface area contributed by atoms with E-state index < -0.39 is 0 Å². The van der Waals surface area contributed by atoms with Crippen LogP contribution in [0.15, 0.2) is 65.7 Å². The van der Waals surface area contributed by atoms with E-state index in [1.165, 1.54) is 27.8 Å². The first-order valence-electron chi connectivity index (χ1n) is 12.4. The molecule has 0 radical (unpaired) electrons. The number of fused-ring (bicyclic) bond motifs is 2. The van der Waals surface area contributed by atoms with E-state index in [9.17, 15) is 9.59 Å². The number of hydrogen-bond acceptors (Lipinski definition) is 5. The number of carbonyl (C=O) groups is 1. The third kappa shape index (κ3) is 4.44. The molecule has 6 rings (SSSR count). The molecule has 1 aliphatic rings. The van der Waals surface area contributed by atoms with Crippen LogP contribution in [0.25, 0.3) is 22.2 Å². The number of H-pyrrole nitrogens is 1. The van der Waals surface area contributed by atoms with Crippen molar-refractivity contribution >= 4 is 45.3 Å². The summed E-state index contributed by atoms with van der Waals surface area (Å²) >= 11 is 1.60. The van der Waals surface area contributed by atoms with Gasteiger partial charge in [0.05, 0.1) is 10.6 Å². The minimum Gasteiger partial charge on any atom is -0.361 e. The third-order valence-electron chi connectivity index (χ3n) is 6.97. The van der Waals surface area contributed by atoms with Crippen molar-refractivity contribution in [1.82, 2.24) is 14.5 Å². The Balaban J connectivity index is 1.30. The van der Waals surface area contributed by atoms with E-state index in [-0.39, 0.29) is 17.3 Å². The van der Waals surface area contributed by atoms with Gasteiger partial charge in [-0.25, -0.2) is 4.98 Å². The molecule has 0 fully saturated rings. The molecule has 8 heteroatoms. The topological polar surface area (TPSA) is 91.8 Å². The lowest BCUT2D eigenvalue weighted by Crippen LogP contribution is -2.21. The van der Waals surface area contributed by atoms with Crippen molar-refractivity contribution in [2.45, 2.75) is 32.6 Å². The molecule has 0 atom stereocenters. The molecule has 186 valence electrons. The van der Waals surface area contributed by atoms with Gasteiger partial charge < -0.3 is 20.2 Å². The molecule has 0 saturated heterocycles. The molecule has 1 amide bonds. The number of aromatic nitrogens is 3. The SMILES string of the molecule is Cc1c(NC(=O)c2cc3c(s2)CCCC3)cccc1-c1cn(C)c(=O)c(Nc2ccc3[nH]ccc3c2)n1. The summed E-state index contributed by atoms with van der Waals surface area (Å²) in [7, 11) is 1.72. The molecule has 37 heavy (non-hydrogen) atoms. The Bertz CT molecular complexity index is 1690. The first-order valence-corrected chi connectivity index (χ1v) is 13.2. The standard InChI is InChI=1S/C29H27N5O2S/c1-17-21(7-5-8-22(17)33-28(35)26-15-19-6-3-4-9-25(19)37-26)24-16-34(2)29(36)27(32-24)31-20-10-11-23-18(14-20)12-13-30-23/h5,7-8,10-16,30H,3-4,6,9H2,1-2H3,(H,31,32)(H,33,35). The number of nitrogens with zero attached hydrogens (tertiary/aromatic N) is 2. The monoisotopic (exact) mass is 509 g/mol. The summed E-state index contributed by atoms with van der Waals surface area (Å²) in [4.78, 5) is 35.9. The van der Waals surface area contributed by atoms with Crippen LogP contribution in [0.3, 0.4) is 0 Å². The molecular weight excluding hydrogens is 482 g/mol. The van der Waals surface area contributed by atoms with E-state index in [1.807, 2.05) is 61.7 Å². The van der Waals surface area contributed by atoms with Crippen LogP contribution in [-0.2, 0) is 19.9 Å². The van der Waals surface area contributed by atoms with Crippen molar-refractivity contribution in [3.63, 3.8) is 0 Å². The van der Waals surface area contributed by atoms with Crippen LogP contribution in [0.4, 0.5) is 17.2 Å². The summed E-state index contributed by atoms with van der Waals surface area (Å²) in [5.41, 5.74) is 6.02. The van der Waals surface area contributed by atoms with Crippen LogP contribution in [0.2, 0.25) is 0 Å². The highest BCUT2D eigenvalue weighted by Gasteiger charge is 2.19. The molecule has 5 aromatic rings. The van der Waals surface area contributed by atoms with E-state index in [4.69, 9.17) is 0 Å². The van der Waals surface area contributed by atoms with Crippen LogP contribution in [0.1, 0.15) is 38.5 Å². The number of anilines is 3. The van der Waals surface area contributed by atoms with Crippen molar-refractivity contribution < 1.29 is 4.79 Å². The Morgan fingerprint density at radius 2 is 1.97 bits per heavy atom. The lowest BCUT2D eigenvalue weighted by atomic mass is 9.99. The Kier molecular flexibility index (Phi) is 5.88. The van der Waals surface area contributed by atoms with Crippen LogP contribution in [0, 0.1) is 6.92 Å². The molecule has 0 bridgehead atoms. The first kappa shape index (κ1) is 23.2. The maximum Gasteiger partial charge on any atom is 0.293 e. The molecule has 3 aromatic heterocycles. The van der Waals surface area contributed by atoms with Gasteiger partial charge in [-0.2, -0.15) is 0 Å². The zero-order chi connectivity index (χ0) is 25.5. The summed E-state index contributed by atoms with van der Waals surface area (Å²) < 4.78 is 1.53. The molecular formula is C29H27N5O2S. The molecule has 2 aromatic carbocycles. The van der Waals surface area contributed by atoms with Gasteiger partial charge in [-0.1, -0.05) is 12.1 Å². The highest BCUT2D eigenvalue weighted by atomic mass is 32.1. The number of aryl methyl sites for hydroxylation is 3. The van der Waals surface area contributed by atoms with Gasteiger partial charge in [0.1, 0.15) is 0 Å². The molecule has 3 N–H and O–H groups in total. The number of carbonyl (C=O) groups excluding carboxylic acids is 1. The largest absolute Gasteiger partial charge is 0.361 e. The van der Waals surface area contributed by atoms with E-state index in [0.717, 1.165) is 51.1 Å². The lowest BCUT2D eigenvalue weighted by Gasteiger charge is -2.14. The summed E-state index contributed by atoms with van der Waals surface area (Å²) in [5.74, 6) is 0.156. The molecule has 0 spiro atoms. The summed E-state index contributed by atoms with van der Waals surface area (Å²) in [5, 5.41) is 7.33. The molecule has 0 saturated carbocycles. The average Bonchev–Trinajstić information content (AvgIpc) is 3.54. The Labute approximate surface area is 218 Å². The second-order valence-electron chi connectivity index (χ2n) is 9.49. The van der Waals surface area contributed by atoms with Crippen molar-refractivity contribution in [2.75, 3.05) is 10.6 Å². The highest BCUT2D eigenvalue weighted by Crippen LogP contribution is 2.32. The Morgan fingerprint density at radius 1 is 1.11 bits per heavy atom. The van der Waals surface area contributed by atoms with Gasteiger partial charge in [0.2, 0.25) is 0 Å². The molecule has 0 aliphatic heterocycles. The van der Waals surface area contributed by atoms with Gasteiger partial charge in [0.25, 0.3) is 11.5 Å². The average molecular weight is 510 g/mol. The molecule has 1 aliphatic carbocycles. The first-order chi connectivity index (χ1) is 18.0. The van der Waals surface area contributed by atoms with Gasteiger partial charge in [-0.05, 0) is 80.1 Å². The zero-order valence-corrected chi connectivity index (χ0v) is 21.5. The second-order valence-corrected chi connectivity index (χ2v) is 10.6. The van der Waals surface area contributed by atoms with Crippen molar-refractivity contribution in [2.24, 2.45) is 7.05 Å². The molecule has 7 nitrogen and oxygen atoms in total. The van der Waals surface area contributed by atoms with Gasteiger partial charge in [-0.15, -0.1) is 11.3 Å². The minimum absolute atomic E-state index is 0.0874. The van der Waals surface area contributed by atoms with Crippen molar-refractivity contribution in [3.8, 4) is 11.3 Å². The van der Waals surface area contributed by atoms with E-state index >= 15 is 0 Å². The number of nitrogens with one attached hydrogen (secondary N) is 3. The fraction of sp³-hybridized carbons (Fsp3) is 0.207. The van der Waals surface area contributed by atoms with Crippen LogP contribution in [0.5, 0.6) is 0 Å². The van der Waals surface area contributed by atoms with Gasteiger partial charge in [-0.3, -0.25) is 9.59 Å². The third-order valence-corrected chi connectivity index (χ3v) is 8.20. The maximum absolute atomic E-state index is 13.1. The Hall–Kier alpha value is -4.17. The number of rotatable bonds is 5. The number of hydrogen-bond donors (Lipinski definition) is 3. The quantitative estimate of drug-likeness (QED) is 0.264. The second kappa shape index (κ2) is 9.37. The van der Waals surface area contributed by atoms with Crippen LogP contribution >= 0.6 is 11.3 Å². The van der Waals surface area contributed by atoms with Crippen molar-refractivity contribution in [1.29, 1.82) is 0 Å². The Morgan fingerprint density at radius 3 is 2.84 bits per heavy atom. The van der Waals surface area contributed by atoms with E-state index in [1.54, 1.807) is 24.6 Å². The molecule has 0 unspecified atom stereocenters. The number of amides is 1. The number of aromatic amines is 1. The fourth-order valence-electron chi connectivity index (χ4n) is 4.92. The van der Waals surface area contributed by atoms with Gasteiger partial charge in [0, 0.05) is 52.2 Å². The minimum atomic E-state index is -0.221. The van der Waals surface area contributed by atoms with Gasteiger partial charge in [0.15, 0.2) is 5.82 Å². The fourth-order valence-corrected chi connectivity index (χ4v) is 6.07. The molecule has 3 heterocycles. The predicted molar refractivity (Wildman–Crippen MR) is 150 cm³/mol. The van der Waals surface area contributed by atoms with Gasteiger partial charge >= 0.3 is 0 Å². The predicted octanol–water partition coefficient (Wildman–Crippen LogP) is 6.17. The number of thiophene rings is 1. The van der Waals surface area contributed by atoms with E-state index in [0.29, 0.717) is 5.69 Å².